The van der Waals surface area contributed by atoms with E-state index in [1.165, 1.54) is 25.4 Å². The highest BCUT2D eigenvalue weighted by Gasteiger charge is 2.33. The minimum atomic E-state index is -0.686. The number of aliphatic hydroxyl groups excluding tert-OH is 1. The van der Waals surface area contributed by atoms with Crippen molar-refractivity contribution in [2.24, 2.45) is 5.92 Å². The van der Waals surface area contributed by atoms with Crippen molar-refractivity contribution in [3.8, 4) is 0 Å². The Hall–Kier alpha value is -2.09. The Morgan fingerprint density at radius 2 is 1.98 bits per heavy atom. The average Bonchev–Trinajstić information content (AvgIpc) is 3.43. The summed E-state index contributed by atoms with van der Waals surface area (Å²) in [5, 5.41) is 18.5. The van der Waals surface area contributed by atoms with E-state index in [-0.39, 0.29) is 29.7 Å². The molecule has 9 nitrogen and oxygen atoms in total. The maximum atomic E-state index is 13.4. The summed E-state index contributed by atoms with van der Waals surface area (Å²) >= 11 is 3.68. The van der Waals surface area contributed by atoms with Crippen molar-refractivity contribution in [1.29, 1.82) is 0 Å². The number of hydrogen-bond acceptors (Lipinski definition) is 7. The Bertz CT molecular complexity index is 1110. The third-order valence-corrected chi connectivity index (χ3v) is 9.18. The van der Waals surface area contributed by atoms with E-state index in [1.807, 2.05) is 37.9 Å². The number of piperidine rings is 1. The van der Waals surface area contributed by atoms with Crippen molar-refractivity contribution in [1.82, 2.24) is 25.4 Å². The molecule has 2 unspecified atom stereocenters. The van der Waals surface area contributed by atoms with Gasteiger partial charge in [-0.1, -0.05) is 38.8 Å². The van der Waals surface area contributed by atoms with Gasteiger partial charge < -0.3 is 20.6 Å². The number of nitrogens with zero attached hydrogens (tertiary/aromatic N) is 3. The van der Waals surface area contributed by atoms with E-state index in [0.717, 1.165) is 43.7 Å². The number of aryl methyl sites for hydroxylation is 1. The smallest absolute Gasteiger partial charge is 0.270 e. The van der Waals surface area contributed by atoms with Crippen LogP contribution in [0.3, 0.4) is 0 Å². The molecule has 1 aromatic heterocycles. The van der Waals surface area contributed by atoms with Crippen LogP contribution in [0, 0.1) is 9.49 Å². The standard InChI is InChI=1S/C29H42IN5O4S/c1-4-20(2)26(33-28(38)24-8-5-6-16-34(24)3)29(39)35(19-36)17-7-9-25-32-23(18-40-25)27(37)31-15-14-21-10-12-22(30)13-11-21/h10-13,18,20,24,26,36H,4-9,14-17,19H2,1-3H3,(H,31,37)(H,33,38)/t20?,24-,26?/m1/s1. The summed E-state index contributed by atoms with van der Waals surface area (Å²) in [5.74, 6) is -0.650. The average molecular weight is 684 g/mol. The van der Waals surface area contributed by atoms with Gasteiger partial charge in [-0.15, -0.1) is 11.3 Å². The number of benzene rings is 1. The predicted molar refractivity (Wildman–Crippen MR) is 166 cm³/mol. The van der Waals surface area contributed by atoms with Crippen molar-refractivity contribution < 1.29 is 19.5 Å². The number of rotatable bonds is 14. The largest absolute Gasteiger partial charge is 0.376 e. The SMILES string of the molecule is CCC(C)C(NC(=O)[C@H]1CCCCN1C)C(=O)N(CO)CCCc1nc(C(=O)NCCc2ccc(I)cc2)cs1. The van der Waals surface area contributed by atoms with Gasteiger partial charge in [0.2, 0.25) is 11.8 Å². The first-order chi connectivity index (χ1) is 19.2. The van der Waals surface area contributed by atoms with Crippen LogP contribution >= 0.6 is 33.9 Å². The lowest BCUT2D eigenvalue weighted by atomic mass is 9.96. The molecule has 40 heavy (non-hydrogen) atoms. The lowest BCUT2D eigenvalue weighted by molar-refractivity contribution is -0.142. The van der Waals surface area contributed by atoms with Crippen LogP contribution < -0.4 is 10.6 Å². The molecule has 220 valence electrons. The highest BCUT2D eigenvalue weighted by molar-refractivity contribution is 14.1. The molecule has 3 atom stereocenters. The maximum absolute atomic E-state index is 13.4. The lowest BCUT2D eigenvalue weighted by Gasteiger charge is -2.34. The topological polar surface area (TPSA) is 115 Å². The first kappa shape index (κ1) is 32.4. The third kappa shape index (κ3) is 9.49. The summed E-state index contributed by atoms with van der Waals surface area (Å²) in [4.78, 5) is 46.9. The van der Waals surface area contributed by atoms with Crippen molar-refractivity contribution in [2.75, 3.05) is 33.4 Å². The number of thiazole rings is 1. The van der Waals surface area contributed by atoms with Crippen molar-refractivity contribution in [3.05, 3.63) is 49.5 Å². The van der Waals surface area contributed by atoms with Crippen molar-refractivity contribution in [2.45, 2.75) is 70.9 Å². The summed E-state index contributed by atoms with van der Waals surface area (Å²) in [7, 11) is 1.95. The van der Waals surface area contributed by atoms with E-state index in [4.69, 9.17) is 0 Å². The summed E-state index contributed by atoms with van der Waals surface area (Å²) in [6.45, 7) is 5.26. The number of carbonyl (C=O) groups excluding carboxylic acids is 3. The molecule has 1 aliphatic rings. The number of likely N-dealkylation sites (tertiary alicyclic amines) is 1. The van der Waals surface area contributed by atoms with E-state index in [9.17, 15) is 19.5 Å². The molecule has 3 amide bonds. The van der Waals surface area contributed by atoms with Crippen LogP contribution in [0.2, 0.25) is 0 Å². The van der Waals surface area contributed by atoms with Crippen LogP contribution in [0.15, 0.2) is 29.6 Å². The molecule has 2 heterocycles. The number of aliphatic hydroxyl groups is 1. The highest BCUT2D eigenvalue weighted by Crippen LogP contribution is 2.18. The highest BCUT2D eigenvalue weighted by atomic mass is 127. The molecule has 0 radical (unpaired) electrons. The Morgan fingerprint density at radius 3 is 2.65 bits per heavy atom. The predicted octanol–water partition coefficient (Wildman–Crippen LogP) is 3.45. The van der Waals surface area contributed by atoms with Crippen LogP contribution in [-0.2, 0) is 22.4 Å². The van der Waals surface area contributed by atoms with Crippen LogP contribution in [0.1, 0.15) is 67.0 Å². The molecule has 0 aliphatic carbocycles. The fourth-order valence-electron chi connectivity index (χ4n) is 4.80. The zero-order valence-electron chi connectivity index (χ0n) is 23.7. The maximum Gasteiger partial charge on any atom is 0.270 e. The van der Waals surface area contributed by atoms with Gasteiger partial charge in [0.05, 0.1) is 11.0 Å². The van der Waals surface area contributed by atoms with E-state index < -0.39 is 12.8 Å². The number of nitrogens with one attached hydrogen (secondary N) is 2. The number of halogens is 1. The summed E-state index contributed by atoms with van der Waals surface area (Å²) in [6, 6.07) is 7.30. The first-order valence-electron chi connectivity index (χ1n) is 14.1. The molecule has 11 heteroatoms. The summed E-state index contributed by atoms with van der Waals surface area (Å²) < 4.78 is 1.18. The second-order valence-corrected chi connectivity index (χ2v) is 12.7. The van der Waals surface area contributed by atoms with Gasteiger partial charge in [-0.3, -0.25) is 19.3 Å². The quantitative estimate of drug-likeness (QED) is 0.208. The number of carbonyl (C=O) groups is 3. The fraction of sp³-hybridized carbons (Fsp3) is 0.586. The Kier molecular flexibility index (Phi) is 13.3. The monoisotopic (exact) mass is 683 g/mol. The first-order valence-corrected chi connectivity index (χ1v) is 16.1. The van der Waals surface area contributed by atoms with Gasteiger partial charge in [-0.2, -0.15) is 0 Å². The normalized spacial score (nSPS) is 17.2. The summed E-state index contributed by atoms with van der Waals surface area (Å²) in [5.41, 5.74) is 1.56. The third-order valence-electron chi connectivity index (χ3n) is 7.55. The molecule has 1 aromatic carbocycles. The summed E-state index contributed by atoms with van der Waals surface area (Å²) in [6.07, 6.45) is 5.50. The van der Waals surface area contributed by atoms with Crippen LogP contribution in [-0.4, -0.2) is 83.1 Å². The van der Waals surface area contributed by atoms with Gasteiger partial charge >= 0.3 is 0 Å². The molecule has 0 bridgehead atoms. The number of likely N-dealkylation sites (N-methyl/N-ethyl adjacent to an activating group) is 1. The minimum Gasteiger partial charge on any atom is -0.376 e. The number of amides is 3. The van der Waals surface area contributed by atoms with Gasteiger partial charge in [0.1, 0.15) is 18.5 Å². The van der Waals surface area contributed by atoms with Crippen LogP contribution in [0.25, 0.3) is 0 Å². The van der Waals surface area contributed by atoms with Gasteiger partial charge in [-0.05, 0) is 85.5 Å². The molecular formula is C29H42IN5O4S. The Labute approximate surface area is 255 Å². The van der Waals surface area contributed by atoms with Crippen molar-refractivity contribution in [3.63, 3.8) is 0 Å². The van der Waals surface area contributed by atoms with Gasteiger partial charge in [0.25, 0.3) is 5.91 Å². The number of hydrogen-bond donors (Lipinski definition) is 3. The molecular weight excluding hydrogens is 641 g/mol. The molecule has 0 saturated carbocycles. The van der Waals surface area contributed by atoms with Gasteiger partial charge in [0.15, 0.2) is 0 Å². The minimum absolute atomic E-state index is 0.0647. The van der Waals surface area contributed by atoms with Crippen LogP contribution in [0.5, 0.6) is 0 Å². The molecule has 0 spiro atoms. The van der Waals surface area contributed by atoms with E-state index in [2.05, 4.69) is 50.3 Å². The number of aromatic nitrogens is 1. The zero-order valence-corrected chi connectivity index (χ0v) is 26.7. The second kappa shape index (κ2) is 16.4. The fourth-order valence-corrected chi connectivity index (χ4v) is 5.98. The zero-order chi connectivity index (χ0) is 29.1. The van der Waals surface area contributed by atoms with Crippen molar-refractivity contribution >= 4 is 51.6 Å². The molecule has 3 N–H and O–H groups in total. The van der Waals surface area contributed by atoms with E-state index in [0.29, 0.717) is 31.6 Å². The second-order valence-electron chi connectivity index (χ2n) is 10.5. The van der Waals surface area contributed by atoms with E-state index in [1.54, 1.807) is 5.38 Å². The molecule has 1 fully saturated rings. The van der Waals surface area contributed by atoms with Gasteiger partial charge in [0, 0.05) is 28.5 Å². The van der Waals surface area contributed by atoms with Gasteiger partial charge in [-0.25, -0.2) is 4.98 Å². The molecule has 1 saturated heterocycles. The lowest BCUT2D eigenvalue weighted by Crippen LogP contribution is -2.57. The Morgan fingerprint density at radius 1 is 1.23 bits per heavy atom. The molecule has 1 aliphatic heterocycles. The van der Waals surface area contributed by atoms with Crippen LogP contribution in [0.4, 0.5) is 0 Å². The Balaban J connectivity index is 1.48. The molecule has 2 aromatic rings. The van der Waals surface area contributed by atoms with E-state index >= 15 is 0 Å². The molecule has 3 rings (SSSR count).